The molecule has 0 heterocycles. The minimum absolute atomic E-state index is 0. The second-order valence-corrected chi connectivity index (χ2v) is 9.21. The summed E-state index contributed by atoms with van der Waals surface area (Å²) < 4.78 is 0. The Bertz CT molecular complexity index is 288. The topological polar surface area (TPSA) is 75.5 Å². The molecule has 0 saturated carbocycles. The van der Waals surface area contributed by atoms with Crippen LogP contribution in [0.3, 0.4) is 0 Å². The smallest absolute Gasteiger partial charge is 0.0469 e. The van der Waals surface area contributed by atoms with Gasteiger partial charge in [0.2, 0.25) is 0 Å². The van der Waals surface area contributed by atoms with Gasteiger partial charge in [0.05, 0.1) is 0 Å². The summed E-state index contributed by atoms with van der Waals surface area (Å²) >= 11 is 6.57. The van der Waals surface area contributed by atoms with Crippen molar-refractivity contribution in [3.8, 4) is 0 Å². The van der Waals surface area contributed by atoms with Crippen LogP contribution in [0.4, 0.5) is 0 Å². The maximum atomic E-state index is 9.26. The molecule has 0 fully saturated rings. The molecule has 27 heavy (non-hydrogen) atoms. The normalized spacial score (nSPS) is 14.6. The molecule has 166 valence electrons. The second-order valence-electron chi connectivity index (χ2n) is 8.35. The van der Waals surface area contributed by atoms with Crippen molar-refractivity contribution in [2.24, 2.45) is 5.92 Å². The quantitative estimate of drug-likeness (QED) is 0.145. The molecule has 0 aromatic heterocycles. The highest BCUT2D eigenvalue weighted by atomic mass is 35.5. The van der Waals surface area contributed by atoms with Crippen LogP contribution in [0.5, 0.6) is 0 Å². The van der Waals surface area contributed by atoms with Crippen molar-refractivity contribution in [3.63, 3.8) is 0 Å². The summed E-state index contributed by atoms with van der Waals surface area (Å²) in [6.45, 7) is 4.60. The second kappa shape index (κ2) is 20.9. The van der Waals surface area contributed by atoms with Gasteiger partial charge < -0.3 is 16.4 Å². The van der Waals surface area contributed by atoms with Gasteiger partial charge in [-0.3, -0.25) is 0 Å². The number of hydrogen-bond acceptors (Lipinski definition) is 3. The minimum atomic E-state index is -0.381. The van der Waals surface area contributed by atoms with Gasteiger partial charge >= 0.3 is 0 Å². The average Bonchev–Trinajstić information content (AvgIpc) is 2.61. The van der Waals surface area contributed by atoms with Gasteiger partial charge in [0, 0.05) is 18.1 Å². The van der Waals surface area contributed by atoms with Crippen LogP contribution in [-0.4, -0.2) is 28.3 Å². The Hall–Kier alpha value is 0.170. The van der Waals surface area contributed by atoms with E-state index in [4.69, 9.17) is 16.7 Å². The SMILES string of the molecule is CCCCCCCCCCCCCCCCC(CCO)C(C)(Cl)CCO.N. The summed E-state index contributed by atoms with van der Waals surface area (Å²) in [5.74, 6) is 0.304. The highest BCUT2D eigenvalue weighted by molar-refractivity contribution is 6.23. The van der Waals surface area contributed by atoms with E-state index in [9.17, 15) is 5.11 Å². The fraction of sp³-hybridized carbons (Fsp3) is 1.00. The Morgan fingerprint density at radius 2 is 1.07 bits per heavy atom. The predicted octanol–water partition coefficient (Wildman–Crippen LogP) is 7.40. The van der Waals surface area contributed by atoms with E-state index in [1.165, 1.54) is 89.9 Å². The predicted molar refractivity (Wildman–Crippen MR) is 121 cm³/mol. The lowest BCUT2D eigenvalue weighted by molar-refractivity contribution is 0.196. The molecule has 0 amide bonds. The Labute approximate surface area is 175 Å². The molecule has 3 nitrogen and oxygen atoms in total. The molecular formula is C23H50ClNO2. The monoisotopic (exact) mass is 407 g/mol. The molecule has 2 unspecified atom stereocenters. The Kier molecular flexibility index (Phi) is 22.7. The van der Waals surface area contributed by atoms with Crippen molar-refractivity contribution in [2.45, 2.75) is 128 Å². The fourth-order valence-electron chi connectivity index (χ4n) is 3.91. The minimum Gasteiger partial charge on any atom is -0.396 e. The van der Waals surface area contributed by atoms with Crippen LogP contribution in [-0.2, 0) is 0 Å². The summed E-state index contributed by atoms with van der Waals surface area (Å²) in [5, 5.41) is 18.4. The summed E-state index contributed by atoms with van der Waals surface area (Å²) in [5.41, 5.74) is 0. The maximum absolute atomic E-state index is 9.26. The molecule has 0 bridgehead atoms. The first-order valence-electron chi connectivity index (χ1n) is 11.5. The van der Waals surface area contributed by atoms with Crippen molar-refractivity contribution < 1.29 is 10.2 Å². The lowest BCUT2D eigenvalue weighted by Crippen LogP contribution is -2.30. The van der Waals surface area contributed by atoms with Crippen LogP contribution in [0, 0.1) is 5.92 Å². The lowest BCUT2D eigenvalue weighted by Gasteiger charge is -2.31. The van der Waals surface area contributed by atoms with Crippen molar-refractivity contribution in [3.05, 3.63) is 0 Å². The lowest BCUT2D eigenvalue weighted by atomic mass is 9.84. The van der Waals surface area contributed by atoms with E-state index in [0.717, 1.165) is 12.8 Å². The zero-order valence-corrected chi connectivity index (χ0v) is 19.2. The van der Waals surface area contributed by atoms with Crippen LogP contribution in [0.2, 0.25) is 0 Å². The summed E-state index contributed by atoms with van der Waals surface area (Å²) in [7, 11) is 0. The number of rotatable bonds is 20. The van der Waals surface area contributed by atoms with Gasteiger partial charge in [0.15, 0.2) is 0 Å². The molecular weight excluding hydrogens is 358 g/mol. The standard InChI is InChI=1S/C23H47ClO2.H3N/c1-3-4-5-6-7-8-9-10-11-12-13-14-15-16-17-22(18-20-25)23(2,24)19-21-26;/h22,25-26H,3-21H2,1-2H3;1H3. The van der Waals surface area contributed by atoms with E-state index in [1.54, 1.807) is 0 Å². The summed E-state index contributed by atoms with van der Waals surface area (Å²) in [4.78, 5) is -0.381. The molecule has 0 aliphatic heterocycles. The van der Waals surface area contributed by atoms with Crippen molar-refractivity contribution in [1.82, 2.24) is 6.15 Å². The first kappa shape index (κ1) is 29.4. The van der Waals surface area contributed by atoms with E-state index in [1.807, 2.05) is 6.92 Å². The van der Waals surface area contributed by atoms with Gasteiger partial charge in [-0.05, 0) is 32.1 Å². The third kappa shape index (κ3) is 18.0. The summed E-state index contributed by atoms with van der Waals surface area (Å²) in [6.07, 6.45) is 21.7. The van der Waals surface area contributed by atoms with Crippen molar-refractivity contribution >= 4 is 11.6 Å². The molecule has 0 saturated heterocycles. The molecule has 0 spiro atoms. The molecule has 0 aromatic rings. The number of aliphatic hydroxyl groups is 2. The van der Waals surface area contributed by atoms with E-state index in [0.29, 0.717) is 12.3 Å². The third-order valence-electron chi connectivity index (χ3n) is 5.84. The zero-order valence-electron chi connectivity index (χ0n) is 18.5. The first-order valence-corrected chi connectivity index (χ1v) is 11.9. The molecule has 2 atom stereocenters. The number of halogens is 1. The molecule has 0 aromatic carbocycles. The number of aliphatic hydroxyl groups excluding tert-OH is 2. The Morgan fingerprint density at radius 1 is 0.667 bits per heavy atom. The molecule has 0 aliphatic carbocycles. The Morgan fingerprint density at radius 3 is 1.44 bits per heavy atom. The van der Waals surface area contributed by atoms with Gasteiger partial charge in [-0.2, -0.15) is 0 Å². The van der Waals surface area contributed by atoms with E-state index >= 15 is 0 Å². The van der Waals surface area contributed by atoms with E-state index in [-0.39, 0.29) is 24.2 Å². The number of unbranched alkanes of at least 4 members (excludes halogenated alkanes) is 13. The van der Waals surface area contributed by atoms with Crippen LogP contribution < -0.4 is 6.15 Å². The Balaban J connectivity index is 0. The van der Waals surface area contributed by atoms with Crippen LogP contribution >= 0.6 is 11.6 Å². The fourth-order valence-corrected chi connectivity index (χ4v) is 4.21. The molecule has 0 radical (unpaired) electrons. The number of hydrogen-bond donors (Lipinski definition) is 3. The van der Waals surface area contributed by atoms with Crippen LogP contribution in [0.15, 0.2) is 0 Å². The highest BCUT2D eigenvalue weighted by Crippen LogP contribution is 2.34. The molecule has 0 rings (SSSR count). The maximum Gasteiger partial charge on any atom is 0.0469 e. The largest absolute Gasteiger partial charge is 0.396 e. The molecule has 5 N–H and O–H groups in total. The van der Waals surface area contributed by atoms with Crippen LogP contribution in [0.25, 0.3) is 0 Å². The van der Waals surface area contributed by atoms with E-state index < -0.39 is 0 Å². The van der Waals surface area contributed by atoms with Gasteiger partial charge in [-0.15, -0.1) is 11.6 Å². The summed E-state index contributed by atoms with van der Waals surface area (Å²) in [6, 6.07) is 0. The third-order valence-corrected chi connectivity index (χ3v) is 6.33. The first-order chi connectivity index (χ1) is 12.6. The van der Waals surface area contributed by atoms with Gasteiger partial charge in [-0.1, -0.05) is 96.8 Å². The van der Waals surface area contributed by atoms with Crippen LogP contribution in [0.1, 0.15) is 123 Å². The number of alkyl halides is 1. The highest BCUT2D eigenvalue weighted by Gasteiger charge is 2.30. The average molecular weight is 408 g/mol. The van der Waals surface area contributed by atoms with Gasteiger partial charge in [0.25, 0.3) is 0 Å². The van der Waals surface area contributed by atoms with Crippen molar-refractivity contribution in [1.29, 1.82) is 0 Å². The zero-order chi connectivity index (χ0) is 19.5. The molecule has 4 heteroatoms. The van der Waals surface area contributed by atoms with Gasteiger partial charge in [0.1, 0.15) is 0 Å². The van der Waals surface area contributed by atoms with Crippen molar-refractivity contribution in [2.75, 3.05) is 13.2 Å². The molecule has 0 aliphatic rings. The van der Waals surface area contributed by atoms with E-state index in [2.05, 4.69) is 6.92 Å². The van der Waals surface area contributed by atoms with Gasteiger partial charge in [-0.25, -0.2) is 0 Å².